The Balaban J connectivity index is 2.07. The van der Waals surface area contributed by atoms with Gasteiger partial charge in [-0.2, -0.15) is 16.9 Å². The highest BCUT2D eigenvalue weighted by molar-refractivity contribution is 7.99. The Hall–Kier alpha value is -0.480. The molecule has 1 aliphatic heterocycles. The zero-order chi connectivity index (χ0) is 13.3. The van der Waals surface area contributed by atoms with Gasteiger partial charge in [0.05, 0.1) is 6.20 Å². The lowest BCUT2D eigenvalue weighted by atomic mass is 9.81. The van der Waals surface area contributed by atoms with Crippen LogP contribution in [-0.2, 0) is 7.05 Å². The van der Waals surface area contributed by atoms with Gasteiger partial charge in [0.25, 0.3) is 0 Å². The molecule has 1 N–H and O–H groups in total. The Kier molecular flexibility index (Phi) is 4.07. The van der Waals surface area contributed by atoms with E-state index in [1.807, 2.05) is 17.9 Å². The molecule has 0 amide bonds. The second kappa shape index (κ2) is 5.25. The predicted octanol–water partition coefficient (Wildman–Crippen LogP) is 2.91. The highest BCUT2D eigenvalue weighted by Crippen LogP contribution is 2.35. The zero-order valence-electron chi connectivity index (χ0n) is 12.2. The van der Waals surface area contributed by atoms with Gasteiger partial charge in [-0.1, -0.05) is 13.8 Å². The van der Waals surface area contributed by atoms with E-state index in [9.17, 15) is 0 Å². The first-order valence-corrected chi connectivity index (χ1v) is 7.89. The van der Waals surface area contributed by atoms with Crippen LogP contribution in [0.3, 0.4) is 0 Å². The Morgan fingerprint density at radius 1 is 1.56 bits per heavy atom. The fourth-order valence-electron chi connectivity index (χ4n) is 2.54. The Bertz CT molecular complexity index is 411. The van der Waals surface area contributed by atoms with Gasteiger partial charge < -0.3 is 5.32 Å². The number of hydrogen-bond donors (Lipinski definition) is 1. The lowest BCUT2D eigenvalue weighted by molar-refractivity contribution is 0.231. The van der Waals surface area contributed by atoms with Crippen LogP contribution in [0.5, 0.6) is 0 Å². The van der Waals surface area contributed by atoms with Crippen LogP contribution in [0.15, 0.2) is 6.20 Å². The van der Waals surface area contributed by atoms with E-state index in [4.69, 9.17) is 0 Å². The van der Waals surface area contributed by atoms with Crippen LogP contribution >= 0.6 is 11.8 Å². The highest BCUT2D eigenvalue weighted by atomic mass is 32.2. The minimum absolute atomic E-state index is 0.377. The number of thioether (sulfide) groups is 1. The second-order valence-electron chi connectivity index (χ2n) is 6.06. The van der Waals surface area contributed by atoms with E-state index in [0.29, 0.717) is 17.5 Å². The van der Waals surface area contributed by atoms with Crippen LogP contribution in [0.1, 0.15) is 44.5 Å². The molecule has 2 rings (SSSR count). The lowest BCUT2D eigenvalue weighted by Gasteiger charge is -2.40. The van der Waals surface area contributed by atoms with Crippen molar-refractivity contribution in [3.8, 4) is 0 Å². The van der Waals surface area contributed by atoms with Crippen molar-refractivity contribution < 1.29 is 0 Å². The maximum absolute atomic E-state index is 4.34. The highest BCUT2D eigenvalue weighted by Gasteiger charge is 2.33. The summed E-state index contributed by atoms with van der Waals surface area (Å²) >= 11 is 2.07. The molecule has 1 aliphatic rings. The molecule has 102 valence electrons. The van der Waals surface area contributed by atoms with E-state index in [1.54, 1.807) is 0 Å². The number of aromatic nitrogens is 2. The summed E-state index contributed by atoms with van der Waals surface area (Å²) in [6.45, 7) is 9.15. The number of nitrogens with one attached hydrogen (secondary N) is 1. The molecule has 1 aromatic heterocycles. The van der Waals surface area contributed by atoms with E-state index in [0.717, 1.165) is 0 Å². The third-order valence-corrected chi connectivity index (χ3v) is 5.37. The summed E-state index contributed by atoms with van der Waals surface area (Å²) in [5, 5.41) is 8.14. The van der Waals surface area contributed by atoms with Gasteiger partial charge in [-0.25, -0.2) is 0 Å². The zero-order valence-corrected chi connectivity index (χ0v) is 13.0. The van der Waals surface area contributed by atoms with E-state index in [2.05, 4.69) is 49.9 Å². The molecule has 3 nitrogen and oxygen atoms in total. The van der Waals surface area contributed by atoms with Crippen LogP contribution in [0.2, 0.25) is 0 Å². The summed E-state index contributed by atoms with van der Waals surface area (Å²) < 4.78 is 1.95. The van der Waals surface area contributed by atoms with Crippen molar-refractivity contribution in [1.82, 2.24) is 15.1 Å². The maximum atomic E-state index is 4.34. The van der Waals surface area contributed by atoms with E-state index in [1.165, 1.54) is 29.2 Å². The number of aryl methyl sites for hydroxylation is 1. The van der Waals surface area contributed by atoms with E-state index in [-0.39, 0.29) is 0 Å². The van der Waals surface area contributed by atoms with Gasteiger partial charge in [0.2, 0.25) is 0 Å². The molecule has 2 unspecified atom stereocenters. The van der Waals surface area contributed by atoms with Gasteiger partial charge in [-0.3, -0.25) is 4.68 Å². The Morgan fingerprint density at radius 2 is 2.28 bits per heavy atom. The minimum atomic E-state index is 0.377. The molecule has 18 heavy (non-hydrogen) atoms. The Morgan fingerprint density at radius 3 is 2.83 bits per heavy atom. The second-order valence-corrected chi connectivity index (χ2v) is 7.21. The van der Waals surface area contributed by atoms with Crippen LogP contribution in [0, 0.1) is 12.3 Å². The van der Waals surface area contributed by atoms with Gasteiger partial charge in [-0.05, 0) is 31.4 Å². The molecule has 0 aromatic carbocycles. The summed E-state index contributed by atoms with van der Waals surface area (Å²) in [4.78, 5) is 0. The first-order valence-electron chi connectivity index (χ1n) is 6.74. The predicted molar refractivity (Wildman–Crippen MR) is 79.0 cm³/mol. The fourth-order valence-corrected chi connectivity index (χ4v) is 4.16. The SMILES string of the molecule is Cc1c(C(C)NC2CSCCC2(C)C)cnn1C. The van der Waals surface area contributed by atoms with Crippen LogP contribution in [0.25, 0.3) is 0 Å². The van der Waals surface area contributed by atoms with E-state index < -0.39 is 0 Å². The molecule has 4 heteroatoms. The molecule has 0 bridgehead atoms. The fraction of sp³-hybridized carbons (Fsp3) is 0.786. The van der Waals surface area contributed by atoms with Crippen LogP contribution < -0.4 is 5.32 Å². The van der Waals surface area contributed by atoms with Crippen molar-refractivity contribution in [2.75, 3.05) is 11.5 Å². The van der Waals surface area contributed by atoms with Gasteiger partial charge >= 0.3 is 0 Å². The average Bonchev–Trinajstić information content (AvgIpc) is 2.63. The normalized spacial score (nSPS) is 25.1. The van der Waals surface area contributed by atoms with Crippen molar-refractivity contribution in [2.45, 2.75) is 46.2 Å². The quantitative estimate of drug-likeness (QED) is 0.913. The smallest absolute Gasteiger partial charge is 0.0540 e. The number of rotatable bonds is 3. The third-order valence-electron chi connectivity index (χ3n) is 4.31. The topological polar surface area (TPSA) is 29.9 Å². The Labute approximate surface area is 115 Å². The number of hydrogen-bond acceptors (Lipinski definition) is 3. The molecule has 1 fully saturated rings. The molecular weight excluding hydrogens is 242 g/mol. The van der Waals surface area contributed by atoms with Crippen molar-refractivity contribution in [3.05, 3.63) is 17.5 Å². The molecule has 0 aliphatic carbocycles. The molecule has 2 heterocycles. The summed E-state index contributed by atoms with van der Waals surface area (Å²) in [7, 11) is 2.01. The van der Waals surface area contributed by atoms with Crippen molar-refractivity contribution in [2.24, 2.45) is 12.5 Å². The van der Waals surface area contributed by atoms with Gasteiger partial charge in [0.1, 0.15) is 0 Å². The van der Waals surface area contributed by atoms with Gasteiger partial charge in [0, 0.05) is 36.1 Å². The maximum Gasteiger partial charge on any atom is 0.0540 e. The van der Waals surface area contributed by atoms with Crippen molar-refractivity contribution >= 4 is 11.8 Å². The first-order chi connectivity index (χ1) is 8.42. The molecule has 2 atom stereocenters. The molecule has 0 saturated carbocycles. The molecule has 1 saturated heterocycles. The number of nitrogens with zero attached hydrogens (tertiary/aromatic N) is 2. The summed E-state index contributed by atoms with van der Waals surface area (Å²) in [6.07, 6.45) is 3.30. The summed E-state index contributed by atoms with van der Waals surface area (Å²) in [5.74, 6) is 2.52. The first kappa shape index (κ1) is 13.9. The molecular formula is C14H25N3S. The minimum Gasteiger partial charge on any atom is -0.306 e. The lowest BCUT2D eigenvalue weighted by Crippen LogP contribution is -2.47. The van der Waals surface area contributed by atoms with E-state index >= 15 is 0 Å². The van der Waals surface area contributed by atoms with Gasteiger partial charge in [-0.15, -0.1) is 0 Å². The average molecular weight is 267 g/mol. The van der Waals surface area contributed by atoms with Gasteiger partial charge in [0.15, 0.2) is 0 Å². The molecule has 0 spiro atoms. The summed E-state index contributed by atoms with van der Waals surface area (Å²) in [5.41, 5.74) is 2.98. The molecule has 1 aromatic rings. The third kappa shape index (κ3) is 2.75. The largest absolute Gasteiger partial charge is 0.306 e. The van der Waals surface area contributed by atoms with Crippen molar-refractivity contribution in [1.29, 1.82) is 0 Å². The monoisotopic (exact) mass is 267 g/mol. The van der Waals surface area contributed by atoms with Crippen LogP contribution in [-0.4, -0.2) is 27.3 Å². The molecule has 0 radical (unpaired) electrons. The summed E-state index contributed by atoms with van der Waals surface area (Å²) in [6, 6.07) is 0.965. The standard InChI is InChI=1S/C14H25N3S/c1-10(12-8-15-17(5)11(12)2)16-13-9-18-7-6-14(13,3)4/h8,10,13,16H,6-7,9H2,1-5H3. The van der Waals surface area contributed by atoms with Crippen LogP contribution in [0.4, 0.5) is 0 Å². The van der Waals surface area contributed by atoms with Crippen molar-refractivity contribution in [3.63, 3.8) is 0 Å².